The van der Waals surface area contributed by atoms with E-state index < -0.39 is 0 Å². The van der Waals surface area contributed by atoms with Crippen molar-refractivity contribution in [3.63, 3.8) is 0 Å². The molecule has 94 valence electrons. The maximum Gasteiger partial charge on any atom is 0.206 e. The Morgan fingerprint density at radius 3 is 3.00 bits per heavy atom. The highest BCUT2D eigenvalue weighted by atomic mass is 15.5. The Labute approximate surface area is 105 Å². The van der Waals surface area contributed by atoms with Crippen LogP contribution >= 0.6 is 0 Å². The number of hydrogen-bond acceptors (Lipinski definition) is 5. The molecule has 0 spiro atoms. The van der Waals surface area contributed by atoms with Crippen LogP contribution in [0.1, 0.15) is 19.8 Å². The van der Waals surface area contributed by atoms with Crippen molar-refractivity contribution in [3.8, 4) is 11.4 Å². The number of pyridine rings is 1. The first-order valence-electron chi connectivity index (χ1n) is 6.28. The fraction of sp³-hybridized carbons (Fsp3) is 0.500. The molecule has 2 aromatic rings. The van der Waals surface area contributed by atoms with Crippen LogP contribution < -0.4 is 4.90 Å². The normalized spacial score (nSPS) is 20.1. The highest BCUT2D eigenvalue weighted by molar-refractivity contribution is 5.55. The number of aromatic nitrogens is 5. The van der Waals surface area contributed by atoms with Crippen LogP contribution in [0.2, 0.25) is 0 Å². The van der Waals surface area contributed by atoms with Crippen LogP contribution in [-0.4, -0.2) is 38.7 Å². The highest BCUT2D eigenvalue weighted by Gasteiger charge is 2.17. The second-order valence-electron chi connectivity index (χ2n) is 4.83. The van der Waals surface area contributed by atoms with Crippen LogP contribution in [0.3, 0.4) is 0 Å². The van der Waals surface area contributed by atoms with Gasteiger partial charge in [0.15, 0.2) is 0 Å². The van der Waals surface area contributed by atoms with Gasteiger partial charge in [-0.2, -0.15) is 5.21 Å². The number of anilines is 1. The first-order valence-corrected chi connectivity index (χ1v) is 6.28. The molecule has 0 unspecified atom stereocenters. The Balaban J connectivity index is 1.78. The molecule has 18 heavy (non-hydrogen) atoms. The lowest BCUT2D eigenvalue weighted by atomic mass is 10.0. The van der Waals surface area contributed by atoms with Gasteiger partial charge in [0.25, 0.3) is 0 Å². The largest absolute Gasteiger partial charge is 0.356 e. The number of tetrazole rings is 1. The first kappa shape index (κ1) is 11.1. The maximum absolute atomic E-state index is 4.50. The molecule has 6 heteroatoms. The molecule has 1 fully saturated rings. The third kappa shape index (κ3) is 2.18. The van der Waals surface area contributed by atoms with Gasteiger partial charge >= 0.3 is 0 Å². The van der Waals surface area contributed by atoms with E-state index in [1.54, 1.807) is 6.20 Å². The second-order valence-corrected chi connectivity index (χ2v) is 4.83. The molecule has 1 N–H and O–H groups in total. The summed E-state index contributed by atoms with van der Waals surface area (Å²) in [6.07, 6.45) is 4.37. The van der Waals surface area contributed by atoms with Crippen molar-refractivity contribution in [2.24, 2.45) is 5.92 Å². The quantitative estimate of drug-likeness (QED) is 0.866. The average molecular weight is 244 g/mol. The SMILES string of the molecule is C[C@H]1CCCN(c2ccc(-c3nn[nH]n3)cn2)C1. The molecule has 1 aliphatic heterocycles. The molecule has 0 bridgehead atoms. The highest BCUT2D eigenvalue weighted by Crippen LogP contribution is 2.22. The van der Waals surface area contributed by atoms with Crippen molar-refractivity contribution in [1.82, 2.24) is 25.6 Å². The van der Waals surface area contributed by atoms with Crippen LogP contribution in [0.25, 0.3) is 11.4 Å². The lowest BCUT2D eigenvalue weighted by Crippen LogP contribution is -2.34. The third-order valence-corrected chi connectivity index (χ3v) is 3.33. The van der Waals surface area contributed by atoms with E-state index in [9.17, 15) is 0 Å². The van der Waals surface area contributed by atoms with E-state index in [1.807, 2.05) is 12.1 Å². The molecule has 0 aliphatic carbocycles. The second kappa shape index (κ2) is 4.72. The summed E-state index contributed by atoms with van der Waals surface area (Å²) in [6.45, 7) is 4.48. The van der Waals surface area contributed by atoms with Crippen LogP contribution in [0, 0.1) is 5.92 Å². The molecular formula is C12H16N6. The summed E-state index contributed by atoms with van der Waals surface area (Å²) in [4.78, 5) is 6.84. The molecular weight excluding hydrogens is 228 g/mol. The standard InChI is InChI=1S/C12H16N6/c1-9-3-2-6-18(8-9)11-5-4-10(7-13-11)12-14-16-17-15-12/h4-5,7,9H,2-3,6,8H2,1H3,(H,14,15,16,17)/t9-/m0/s1. The summed E-state index contributed by atoms with van der Waals surface area (Å²) in [7, 11) is 0. The van der Waals surface area contributed by atoms with Gasteiger partial charge in [-0.1, -0.05) is 6.92 Å². The molecule has 0 aromatic carbocycles. The summed E-state index contributed by atoms with van der Waals surface area (Å²) in [5.74, 6) is 2.37. The van der Waals surface area contributed by atoms with Gasteiger partial charge in [0, 0.05) is 24.8 Å². The number of nitrogens with zero attached hydrogens (tertiary/aromatic N) is 5. The molecule has 2 aromatic heterocycles. The first-order chi connectivity index (χ1) is 8.83. The monoisotopic (exact) mass is 244 g/mol. The van der Waals surface area contributed by atoms with Crippen molar-refractivity contribution in [3.05, 3.63) is 18.3 Å². The Bertz CT molecular complexity index is 492. The fourth-order valence-corrected chi connectivity index (χ4v) is 2.39. The number of H-pyrrole nitrogens is 1. The average Bonchev–Trinajstić information content (AvgIpc) is 2.93. The molecule has 3 heterocycles. The summed E-state index contributed by atoms with van der Waals surface area (Å²) in [5.41, 5.74) is 0.887. The van der Waals surface area contributed by atoms with Crippen molar-refractivity contribution in [1.29, 1.82) is 0 Å². The van der Waals surface area contributed by atoms with Crippen molar-refractivity contribution in [2.75, 3.05) is 18.0 Å². The van der Waals surface area contributed by atoms with E-state index in [0.717, 1.165) is 30.4 Å². The van der Waals surface area contributed by atoms with Gasteiger partial charge in [-0.3, -0.25) is 0 Å². The predicted octanol–water partition coefficient (Wildman–Crippen LogP) is 1.50. The molecule has 0 amide bonds. The van der Waals surface area contributed by atoms with Gasteiger partial charge < -0.3 is 4.90 Å². The Morgan fingerprint density at radius 2 is 2.33 bits per heavy atom. The summed E-state index contributed by atoms with van der Waals surface area (Å²) < 4.78 is 0. The zero-order valence-corrected chi connectivity index (χ0v) is 10.4. The predicted molar refractivity (Wildman–Crippen MR) is 68.0 cm³/mol. The summed E-state index contributed by atoms with van der Waals surface area (Å²) in [5, 5.41) is 13.9. The third-order valence-electron chi connectivity index (χ3n) is 3.33. The molecule has 3 rings (SSSR count). The number of piperidine rings is 1. The zero-order valence-electron chi connectivity index (χ0n) is 10.4. The van der Waals surface area contributed by atoms with E-state index >= 15 is 0 Å². The lowest BCUT2D eigenvalue weighted by Gasteiger charge is -2.31. The van der Waals surface area contributed by atoms with Crippen LogP contribution in [0.4, 0.5) is 5.82 Å². The lowest BCUT2D eigenvalue weighted by molar-refractivity contribution is 0.444. The van der Waals surface area contributed by atoms with Crippen molar-refractivity contribution >= 4 is 5.82 Å². The number of rotatable bonds is 2. The van der Waals surface area contributed by atoms with E-state index in [4.69, 9.17) is 0 Å². The molecule has 1 saturated heterocycles. The number of aromatic amines is 1. The van der Waals surface area contributed by atoms with Crippen molar-refractivity contribution in [2.45, 2.75) is 19.8 Å². The summed E-state index contributed by atoms with van der Waals surface area (Å²) in [6, 6.07) is 4.02. The minimum Gasteiger partial charge on any atom is -0.356 e. The zero-order chi connectivity index (χ0) is 12.4. The smallest absolute Gasteiger partial charge is 0.206 e. The van der Waals surface area contributed by atoms with E-state index in [2.05, 4.69) is 37.4 Å². The Hall–Kier alpha value is -1.98. The van der Waals surface area contributed by atoms with Gasteiger partial charge in [0.1, 0.15) is 5.82 Å². The van der Waals surface area contributed by atoms with E-state index in [1.165, 1.54) is 12.8 Å². The van der Waals surface area contributed by atoms with Gasteiger partial charge in [0.05, 0.1) is 0 Å². The van der Waals surface area contributed by atoms with Gasteiger partial charge in [-0.05, 0) is 36.1 Å². The van der Waals surface area contributed by atoms with Crippen LogP contribution in [-0.2, 0) is 0 Å². The fourth-order valence-electron chi connectivity index (χ4n) is 2.39. The van der Waals surface area contributed by atoms with Gasteiger partial charge in [-0.25, -0.2) is 4.98 Å². The molecule has 0 radical (unpaired) electrons. The number of nitrogens with one attached hydrogen (secondary N) is 1. The molecule has 0 saturated carbocycles. The topological polar surface area (TPSA) is 70.6 Å². The Kier molecular flexibility index (Phi) is 2.92. The minimum absolute atomic E-state index is 0.584. The van der Waals surface area contributed by atoms with E-state index in [0.29, 0.717) is 5.82 Å². The van der Waals surface area contributed by atoms with Crippen molar-refractivity contribution < 1.29 is 0 Å². The minimum atomic E-state index is 0.584. The van der Waals surface area contributed by atoms with Crippen LogP contribution in [0.15, 0.2) is 18.3 Å². The maximum atomic E-state index is 4.50. The molecule has 6 nitrogen and oxygen atoms in total. The number of hydrogen-bond donors (Lipinski definition) is 1. The Morgan fingerprint density at radius 1 is 1.39 bits per heavy atom. The van der Waals surface area contributed by atoms with Crippen LogP contribution in [0.5, 0.6) is 0 Å². The van der Waals surface area contributed by atoms with Gasteiger partial charge in [0.2, 0.25) is 5.82 Å². The van der Waals surface area contributed by atoms with Gasteiger partial charge in [-0.15, -0.1) is 10.2 Å². The molecule has 1 atom stereocenters. The summed E-state index contributed by atoms with van der Waals surface area (Å²) >= 11 is 0. The van der Waals surface area contributed by atoms with E-state index in [-0.39, 0.29) is 0 Å². The molecule has 1 aliphatic rings.